The predicted molar refractivity (Wildman–Crippen MR) is 83.1 cm³/mol. The number of carbonyl (C=O) groups is 1. The lowest BCUT2D eigenvalue weighted by atomic mass is 9.89. The normalized spacial score (nSPS) is 23.1. The number of nitrogens with one attached hydrogen (secondary N) is 1. The molecule has 2 rings (SSSR count). The molecule has 0 unspecified atom stereocenters. The van der Waals surface area contributed by atoms with E-state index in [4.69, 9.17) is 23.2 Å². The van der Waals surface area contributed by atoms with Gasteiger partial charge >= 0.3 is 0 Å². The largest absolute Gasteiger partial charge is 0.352 e. The number of rotatable bonds is 3. The maximum Gasteiger partial charge on any atom is 0.252 e. The number of carbonyl (C=O) groups excluding carboxylic acids is 1. The molecular weight excluding hydrogens is 349 g/mol. The van der Waals surface area contributed by atoms with Crippen molar-refractivity contribution >= 4 is 45.0 Å². The Morgan fingerprint density at radius 3 is 2.63 bits per heavy atom. The second kappa shape index (κ2) is 6.96. The summed E-state index contributed by atoms with van der Waals surface area (Å²) < 4.78 is 0.870. The fourth-order valence-electron chi connectivity index (χ4n) is 2.33. The van der Waals surface area contributed by atoms with Gasteiger partial charge in [-0.3, -0.25) is 4.79 Å². The highest BCUT2D eigenvalue weighted by molar-refractivity contribution is 9.10. The van der Waals surface area contributed by atoms with Gasteiger partial charge in [0.05, 0.1) is 10.6 Å². The van der Waals surface area contributed by atoms with Crippen molar-refractivity contribution in [3.05, 3.63) is 33.3 Å². The van der Waals surface area contributed by atoms with Crippen LogP contribution in [-0.4, -0.2) is 17.8 Å². The first-order chi connectivity index (χ1) is 9.06. The summed E-state index contributed by atoms with van der Waals surface area (Å²) in [6.45, 7) is 0.703. The molecule has 1 amide bonds. The third kappa shape index (κ3) is 4.37. The topological polar surface area (TPSA) is 29.1 Å². The summed E-state index contributed by atoms with van der Waals surface area (Å²) in [6.07, 6.45) is 4.26. The smallest absolute Gasteiger partial charge is 0.252 e. The summed E-state index contributed by atoms with van der Waals surface area (Å²) in [5.74, 6) is 0.429. The maximum absolute atomic E-state index is 12.0. The number of hydrogen-bond acceptors (Lipinski definition) is 1. The molecule has 0 spiro atoms. The van der Waals surface area contributed by atoms with Crippen LogP contribution in [0.25, 0.3) is 0 Å². The first-order valence-electron chi connectivity index (χ1n) is 6.43. The van der Waals surface area contributed by atoms with E-state index >= 15 is 0 Å². The molecular formula is C14H16BrCl2NO. The fourth-order valence-corrected chi connectivity index (χ4v) is 3.34. The van der Waals surface area contributed by atoms with Crippen LogP contribution >= 0.6 is 39.1 Å². The molecule has 1 N–H and O–H groups in total. The van der Waals surface area contributed by atoms with E-state index in [1.165, 1.54) is 0 Å². The Balaban J connectivity index is 1.87. The van der Waals surface area contributed by atoms with Crippen LogP contribution < -0.4 is 5.32 Å². The van der Waals surface area contributed by atoms with E-state index in [2.05, 4.69) is 21.2 Å². The van der Waals surface area contributed by atoms with E-state index in [0.29, 0.717) is 28.4 Å². The number of halogens is 3. The third-order valence-corrected chi connectivity index (χ3v) is 4.75. The van der Waals surface area contributed by atoms with Crippen LogP contribution in [0.1, 0.15) is 36.0 Å². The number of alkyl halides is 1. The highest BCUT2D eigenvalue weighted by Gasteiger charge is 2.20. The Morgan fingerprint density at radius 1 is 1.32 bits per heavy atom. The summed E-state index contributed by atoms with van der Waals surface area (Å²) in [5.41, 5.74) is 0.524. The van der Waals surface area contributed by atoms with Crippen LogP contribution in [0.3, 0.4) is 0 Å². The molecule has 0 saturated heterocycles. The number of amides is 1. The minimum absolute atomic E-state index is 0.106. The van der Waals surface area contributed by atoms with Gasteiger partial charge in [-0.2, -0.15) is 0 Å². The van der Waals surface area contributed by atoms with E-state index < -0.39 is 0 Å². The van der Waals surface area contributed by atoms with Crippen molar-refractivity contribution in [3.8, 4) is 0 Å². The molecule has 0 aromatic heterocycles. The average Bonchev–Trinajstić information content (AvgIpc) is 2.37. The number of benzene rings is 1. The zero-order chi connectivity index (χ0) is 13.8. The molecule has 0 heterocycles. The lowest BCUT2D eigenvalue weighted by molar-refractivity contribution is 0.0944. The Hall–Kier alpha value is -0.250. The van der Waals surface area contributed by atoms with Gasteiger partial charge in [0.15, 0.2) is 0 Å². The van der Waals surface area contributed by atoms with Crippen molar-refractivity contribution in [2.75, 3.05) is 6.54 Å². The molecule has 1 aliphatic rings. The van der Waals surface area contributed by atoms with Crippen LogP contribution in [0, 0.1) is 5.92 Å². The highest BCUT2D eigenvalue weighted by atomic mass is 79.9. The fraction of sp³-hybridized carbons (Fsp3) is 0.500. The van der Waals surface area contributed by atoms with Crippen LogP contribution in [-0.2, 0) is 0 Å². The van der Waals surface area contributed by atoms with E-state index in [1.807, 2.05) is 6.07 Å². The Morgan fingerprint density at radius 2 is 2.00 bits per heavy atom. The van der Waals surface area contributed by atoms with Crippen molar-refractivity contribution in [3.63, 3.8) is 0 Å². The van der Waals surface area contributed by atoms with Gasteiger partial charge in [0, 0.05) is 16.4 Å². The molecule has 0 radical (unpaired) electrons. The summed E-state index contributed by atoms with van der Waals surface area (Å²) in [4.78, 5) is 12.0. The molecule has 0 atom stereocenters. The lowest BCUT2D eigenvalue weighted by Crippen LogP contribution is -2.31. The minimum Gasteiger partial charge on any atom is -0.352 e. The van der Waals surface area contributed by atoms with Crippen molar-refractivity contribution in [2.45, 2.75) is 31.1 Å². The quantitative estimate of drug-likeness (QED) is 0.778. The second-order valence-electron chi connectivity index (χ2n) is 4.95. The van der Waals surface area contributed by atoms with Gasteiger partial charge in [0.25, 0.3) is 5.91 Å². The summed E-state index contributed by atoms with van der Waals surface area (Å²) in [7, 11) is 0. The molecule has 1 saturated carbocycles. The molecule has 5 heteroatoms. The Labute approximate surface area is 132 Å². The van der Waals surface area contributed by atoms with Crippen molar-refractivity contribution < 1.29 is 4.79 Å². The van der Waals surface area contributed by atoms with Gasteiger partial charge in [-0.15, -0.1) is 11.6 Å². The molecule has 1 aliphatic carbocycles. The zero-order valence-corrected chi connectivity index (χ0v) is 13.6. The first-order valence-corrected chi connectivity index (χ1v) is 8.04. The summed E-state index contributed by atoms with van der Waals surface area (Å²) in [5, 5.41) is 3.74. The molecule has 1 fully saturated rings. The SMILES string of the molecule is O=C(NCC1CCC(Cl)CC1)c1ccc(Br)cc1Cl. The zero-order valence-electron chi connectivity index (χ0n) is 10.5. The Kier molecular flexibility index (Phi) is 5.55. The highest BCUT2D eigenvalue weighted by Crippen LogP contribution is 2.27. The van der Waals surface area contributed by atoms with E-state index in [0.717, 1.165) is 30.2 Å². The van der Waals surface area contributed by atoms with Crippen molar-refractivity contribution in [1.82, 2.24) is 5.32 Å². The third-order valence-electron chi connectivity index (χ3n) is 3.50. The summed E-state index contributed by atoms with van der Waals surface area (Å²) in [6, 6.07) is 5.28. The van der Waals surface area contributed by atoms with Gasteiger partial charge in [-0.1, -0.05) is 27.5 Å². The standard InChI is InChI=1S/C14H16BrCl2NO/c15-10-3-6-12(13(17)7-10)14(19)18-8-9-1-4-11(16)5-2-9/h3,6-7,9,11H,1-2,4-5,8H2,(H,18,19). The second-order valence-corrected chi connectivity index (χ2v) is 6.89. The molecule has 104 valence electrons. The maximum atomic E-state index is 12.0. The van der Waals surface area contributed by atoms with Gasteiger partial charge < -0.3 is 5.32 Å². The summed E-state index contributed by atoms with van der Waals surface area (Å²) >= 11 is 15.4. The predicted octanol–water partition coefficient (Wildman–Crippen LogP) is 4.63. The lowest BCUT2D eigenvalue weighted by Gasteiger charge is -2.25. The van der Waals surface area contributed by atoms with Gasteiger partial charge in [0.1, 0.15) is 0 Å². The van der Waals surface area contributed by atoms with Crippen molar-refractivity contribution in [2.24, 2.45) is 5.92 Å². The number of hydrogen-bond donors (Lipinski definition) is 1. The minimum atomic E-state index is -0.106. The Bertz CT molecular complexity index is 459. The van der Waals surface area contributed by atoms with E-state index in [9.17, 15) is 4.79 Å². The molecule has 0 aliphatic heterocycles. The van der Waals surface area contributed by atoms with E-state index in [-0.39, 0.29) is 5.91 Å². The average molecular weight is 365 g/mol. The monoisotopic (exact) mass is 363 g/mol. The molecule has 1 aromatic carbocycles. The molecule has 0 bridgehead atoms. The van der Waals surface area contributed by atoms with Crippen LogP contribution in [0.15, 0.2) is 22.7 Å². The van der Waals surface area contributed by atoms with Crippen molar-refractivity contribution in [1.29, 1.82) is 0 Å². The van der Waals surface area contributed by atoms with Gasteiger partial charge in [-0.25, -0.2) is 0 Å². The van der Waals surface area contributed by atoms with E-state index in [1.54, 1.807) is 12.1 Å². The van der Waals surface area contributed by atoms with Gasteiger partial charge in [-0.05, 0) is 49.8 Å². The molecule has 19 heavy (non-hydrogen) atoms. The molecule has 1 aromatic rings. The van der Waals surface area contributed by atoms with Gasteiger partial charge in [0.2, 0.25) is 0 Å². The van der Waals surface area contributed by atoms with Crippen LogP contribution in [0.5, 0.6) is 0 Å². The van der Waals surface area contributed by atoms with Crippen LogP contribution in [0.4, 0.5) is 0 Å². The first kappa shape index (κ1) is 15.1. The van der Waals surface area contributed by atoms with Crippen LogP contribution in [0.2, 0.25) is 5.02 Å². The molecule has 2 nitrogen and oxygen atoms in total.